The van der Waals surface area contributed by atoms with Gasteiger partial charge in [-0.2, -0.15) is 0 Å². The van der Waals surface area contributed by atoms with Gasteiger partial charge in [0.05, 0.1) is 35.5 Å². The number of ether oxygens (including phenoxy) is 2. The first-order valence-corrected chi connectivity index (χ1v) is 15.8. The molecule has 9 heteroatoms. The van der Waals surface area contributed by atoms with E-state index in [1.54, 1.807) is 31.4 Å². The second kappa shape index (κ2) is 15.3. The highest BCUT2D eigenvalue weighted by Crippen LogP contribution is 2.40. The minimum atomic E-state index is -0.568. The Morgan fingerprint density at radius 3 is 2.36 bits per heavy atom. The van der Waals surface area contributed by atoms with Crippen molar-refractivity contribution in [3.05, 3.63) is 57.6 Å². The van der Waals surface area contributed by atoms with E-state index < -0.39 is 5.41 Å². The van der Waals surface area contributed by atoms with Gasteiger partial charge in [0, 0.05) is 23.9 Å². The lowest BCUT2D eigenvalue weighted by Gasteiger charge is -2.42. The number of hydrogen-bond acceptors (Lipinski definition) is 7. The number of ketones is 1. The van der Waals surface area contributed by atoms with Crippen molar-refractivity contribution in [3.63, 3.8) is 0 Å². The number of halogens is 2. The highest BCUT2D eigenvalue weighted by Gasteiger charge is 2.37. The summed E-state index contributed by atoms with van der Waals surface area (Å²) in [6.07, 6.45) is 9.84. The van der Waals surface area contributed by atoms with Crippen LogP contribution in [0.1, 0.15) is 73.7 Å². The molecule has 4 rings (SSSR count). The fraction of sp³-hybridized carbons (Fsp3) is 0.545. The molecular formula is C33H44Cl2N4O3. The molecule has 2 heterocycles. The number of likely N-dealkylation sites (tertiary alicyclic amines) is 2. The largest absolute Gasteiger partial charge is 0.497 e. The SMILES string of the molecule is COc1ccc(C(=O)C(=N)C[C@](CCC=N)(CCN2CCC(N3CCCCC3)CC2)c2ccc(Cl)c(Cl)c2)c(OC)c1. The lowest BCUT2D eigenvalue weighted by molar-refractivity contribution is 0.0883. The van der Waals surface area contributed by atoms with Crippen LogP contribution in [-0.2, 0) is 5.41 Å². The van der Waals surface area contributed by atoms with Gasteiger partial charge in [-0.25, -0.2) is 0 Å². The standard InChI is InChI=1S/C33H44Cl2N4O3/c1-41-26-8-9-27(31(22-26)42-2)32(40)30(37)23-33(13-6-15-36,24-7-10-28(34)29(35)21-24)14-20-38-18-11-25(12-19-38)39-16-4-3-5-17-39/h7-10,15,21-22,25,36-37H,3-6,11-14,16-20,23H2,1-2H3/t33-/m0/s1. The maximum absolute atomic E-state index is 13.7. The molecule has 2 saturated heterocycles. The molecule has 7 nitrogen and oxygen atoms in total. The molecule has 0 unspecified atom stereocenters. The van der Waals surface area contributed by atoms with E-state index >= 15 is 0 Å². The normalized spacial score (nSPS) is 18.3. The smallest absolute Gasteiger partial charge is 0.210 e. The van der Waals surface area contributed by atoms with Crippen molar-refractivity contribution in [2.75, 3.05) is 46.9 Å². The predicted molar refractivity (Wildman–Crippen MR) is 172 cm³/mol. The van der Waals surface area contributed by atoms with Gasteiger partial charge in [-0.15, -0.1) is 0 Å². The van der Waals surface area contributed by atoms with Gasteiger partial charge < -0.3 is 30.1 Å². The number of nitrogens with zero attached hydrogens (tertiary/aromatic N) is 2. The van der Waals surface area contributed by atoms with Gasteiger partial charge >= 0.3 is 0 Å². The van der Waals surface area contributed by atoms with Crippen LogP contribution in [0.5, 0.6) is 11.5 Å². The number of methoxy groups -OCH3 is 2. The fourth-order valence-electron chi connectivity index (χ4n) is 6.60. The molecule has 0 aliphatic carbocycles. The number of hydrogen-bond donors (Lipinski definition) is 2. The second-order valence-electron chi connectivity index (χ2n) is 11.6. The van der Waals surface area contributed by atoms with E-state index in [9.17, 15) is 4.79 Å². The number of benzene rings is 2. The molecule has 2 N–H and O–H groups in total. The summed E-state index contributed by atoms with van der Waals surface area (Å²) in [6, 6.07) is 11.3. The van der Waals surface area contributed by atoms with Crippen molar-refractivity contribution in [1.29, 1.82) is 10.8 Å². The number of rotatable bonds is 14. The molecule has 2 aliphatic heterocycles. The number of nitrogens with one attached hydrogen (secondary N) is 2. The van der Waals surface area contributed by atoms with Gasteiger partial charge in [-0.05, 0) is 114 Å². The van der Waals surface area contributed by atoms with Crippen molar-refractivity contribution in [2.45, 2.75) is 69.2 Å². The summed E-state index contributed by atoms with van der Waals surface area (Å²) < 4.78 is 10.8. The van der Waals surface area contributed by atoms with Crippen LogP contribution < -0.4 is 9.47 Å². The molecule has 0 radical (unpaired) electrons. The summed E-state index contributed by atoms with van der Waals surface area (Å²) >= 11 is 12.8. The zero-order chi connectivity index (χ0) is 30.1. The predicted octanol–water partition coefficient (Wildman–Crippen LogP) is 7.31. The summed E-state index contributed by atoms with van der Waals surface area (Å²) in [6.45, 7) is 5.39. The van der Waals surface area contributed by atoms with Crippen molar-refractivity contribution < 1.29 is 14.3 Å². The monoisotopic (exact) mass is 614 g/mol. The molecule has 1 atom stereocenters. The third kappa shape index (κ3) is 7.93. The van der Waals surface area contributed by atoms with Crippen LogP contribution in [0, 0.1) is 10.8 Å². The molecule has 0 spiro atoms. The van der Waals surface area contributed by atoms with Crippen molar-refractivity contribution in [2.24, 2.45) is 0 Å². The van der Waals surface area contributed by atoms with E-state index in [1.807, 2.05) is 12.1 Å². The topological polar surface area (TPSA) is 89.7 Å². The Kier molecular flexibility index (Phi) is 11.8. The van der Waals surface area contributed by atoms with Crippen LogP contribution in [0.4, 0.5) is 0 Å². The van der Waals surface area contributed by atoms with E-state index in [4.69, 9.17) is 43.5 Å². The summed E-state index contributed by atoms with van der Waals surface area (Å²) in [7, 11) is 3.07. The Bertz CT molecular complexity index is 1240. The van der Waals surface area contributed by atoms with Crippen LogP contribution in [0.3, 0.4) is 0 Å². The third-order valence-corrected chi connectivity index (χ3v) is 9.85. The van der Waals surface area contributed by atoms with Crippen LogP contribution >= 0.6 is 23.2 Å². The van der Waals surface area contributed by atoms with Gasteiger partial charge in [-0.3, -0.25) is 4.79 Å². The molecule has 0 aromatic heterocycles. The Labute approximate surface area is 260 Å². The van der Waals surface area contributed by atoms with Crippen molar-refractivity contribution in [3.8, 4) is 11.5 Å². The zero-order valence-electron chi connectivity index (χ0n) is 24.9. The lowest BCUT2D eigenvalue weighted by Crippen LogP contribution is -2.47. The first-order valence-electron chi connectivity index (χ1n) is 15.0. The van der Waals surface area contributed by atoms with Gasteiger partial charge in [0.15, 0.2) is 0 Å². The summed E-state index contributed by atoms with van der Waals surface area (Å²) in [5.74, 6) is 0.576. The van der Waals surface area contributed by atoms with E-state index in [1.165, 1.54) is 58.5 Å². The second-order valence-corrected chi connectivity index (χ2v) is 12.4. The number of carbonyl (C=O) groups is 1. The van der Waals surface area contributed by atoms with Crippen molar-refractivity contribution >= 4 is 40.9 Å². The summed E-state index contributed by atoms with van der Waals surface area (Å²) in [5, 5.41) is 17.8. The quantitative estimate of drug-likeness (QED) is 0.172. The molecule has 2 fully saturated rings. The first-order chi connectivity index (χ1) is 20.3. The van der Waals surface area contributed by atoms with Crippen LogP contribution in [0.2, 0.25) is 10.0 Å². The van der Waals surface area contributed by atoms with Crippen LogP contribution in [-0.4, -0.2) is 80.5 Å². The first kappa shape index (κ1) is 32.5. The average molecular weight is 616 g/mol. The number of piperidine rings is 2. The minimum Gasteiger partial charge on any atom is -0.497 e. The Hall–Kier alpha value is -2.45. The minimum absolute atomic E-state index is 0.00155. The van der Waals surface area contributed by atoms with Crippen LogP contribution in [0.15, 0.2) is 36.4 Å². The highest BCUT2D eigenvalue weighted by molar-refractivity contribution is 6.45. The van der Waals surface area contributed by atoms with E-state index in [0.29, 0.717) is 46.0 Å². The maximum atomic E-state index is 13.7. The maximum Gasteiger partial charge on any atom is 0.210 e. The fourth-order valence-corrected chi connectivity index (χ4v) is 6.90. The molecule has 0 amide bonds. The summed E-state index contributed by atoms with van der Waals surface area (Å²) in [4.78, 5) is 18.9. The molecule has 228 valence electrons. The van der Waals surface area contributed by atoms with Gasteiger partial charge in [0.25, 0.3) is 0 Å². The molecule has 2 aromatic rings. The molecule has 42 heavy (non-hydrogen) atoms. The summed E-state index contributed by atoms with van der Waals surface area (Å²) in [5.41, 5.74) is 0.708. The van der Waals surface area contributed by atoms with E-state index in [0.717, 1.165) is 31.6 Å². The van der Waals surface area contributed by atoms with Crippen molar-refractivity contribution in [1.82, 2.24) is 9.80 Å². The zero-order valence-corrected chi connectivity index (χ0v) is 26.4. The average Bonchev–Trinajstić information content (AvgIpc) is 3.03. The number of Topliss-reactive ketones (excluding diaryl/α,β-unsaturated/α-hetero) is 1. The molecule has 0 bridgehead atoms. The molecule has 2 aliphatic rings. The third-order valence-electron chi connectivity index (χ3n) is 9.11. The number of carbonyl (C=O) groups excluding carboxylic acids is 1. The highest BCUT2D eigenvalue weighted by atomic mass is 35.5. The molecule has 2 aromatic carbocycles. The molecular weight excluding hydrogens is 571 g/mol. The molecule has 0 saturated carbocycles. The Morgan fingerprint density at radius 2 is 1.71 bits per heavy atom. The van der Waals surface area contributed by atoms with Crippen LogP contribution in [0.25, 0.3) is 0 Å². The van der Waals surface area contributed by atoms with Gasteiger partial charge in [0.2, 0.25) is 5.78 Å². The van der Waals surface area contributed by atoms with E-state index in [-0.39, 0.29) is 17.9 Å². The Balaban J connectivity index is 1.57. The van der Waals surface area contributed by atoms with Gasteiger partial charge in [0.1, 0.15) is 11.5 Å². The van der Waals surface area contributed by atoms with Gasteiger partial charge in [-0.1, -0.05) is 35.7 Å². The Morgan fingerprint density at radius 1 is 0.976 bits per heavy atom. The lowest BCUT2D eigenvalue weighted by atomic mass is 9.69. The van der Waals surface area contributed by atoms with E-state index in [2.05, 4.69) is 9.80 Å².